The van der Waals surface area contributed by atoms with Crippen LogP contribution < -0.4 is 0 Å². The minimum Gasteiger partial charge on any atom is -0.494 e. The van der Waals surface area contributed by atoms with Gasteiger partial charge in [-0.05, 0) is 49.3 Å². The van der Waals surface area contributed by atoms with Crippen molar-refractivity contribution in [2.45, 2.75) is 76.0 Å². The molecule has 1 fully saturated rings. The van der Waals surface area contributed by atoms with Crippen LogP contribution in [-0.2, 0) is 20.4 Å². The first-order valence-electron chi connectivity index (χ1n) is 12.3. The summed E-state index contributed by atoms with van der Waals surface area (Å²) >= 11 is 0. The number of hydrogen-bond donors (Lipinski definition) is 3. The van der Waals surface area contributed by atoms with Gasteiger partial charge in [0.1, 0.15) is 17.3 Å². The molecule has 2 aliphatic heterocycles. The van der Waals surface area contributed by atoms with E-state index in [4.69, 9.17) is 9.16 Å². The lowest BCUT2D eigenvalue weighted by atomic mass is 9.76. The minimum atomic E-state index is -2.02. The van der Waals surface area contributed by atoms with Crippen LogP contribution in [0.1, 0.15) is 57.2 Å². The smallest absolute Gasteiger partial charge is 0.205 e. The molecule has 0 aliphatic carbocycles. The third-order valence-electron chi connectivity index (χ3n) is 8.52. The fraction of sp³-hybridized carbons (Fsp3) is 0.481. The largest absolute Gasteiger partial charge is 0.494 e. The van der Waals surface area contributed by atoms with Crippen molar-refractivity contribution in [2.75, 3.05) is 6.61 Å². The molecule has 3 atom stereocenters. The highest BCUT2D eigenvalue weighted by molar-refractivity contribution is 6.74. The number of aromatic nitrogens is 2. The fourth-order valence-electron chi connectivity index (χ4n) is 5.48. The Hall–Kier alpha value is -2.90. The summed E-state index contributed by atoms with van der Waals surface area (Å²) in [6.07, 6.45) is 1.49. The Labute approximate surface area is 211 Å². The van der Waals surface area contributed by atoms with Crippen molar-refractivity contribution in [3.05, 3.63) is 47.2 Å². The van der Waals surface area contributed by atoms with Gasteiger partial charge in [-0.3, -0.25) is 9.55 Å². The summed E-state index contributed by atoms with van der Waals surface area (Å²) < 4.78 is 14.2. The van der Waals surface area contributed by atoms with Gasteiger partial charge < -0.3 is 24.5 Å². The van der Waals surface area contributed by atoms with Crippen LogP contribution >= 0.6 is 0 Å². The molecule has 0 spiro atoms. The topological polar surface area (TPSA) is 121 Å². The van der Waals surface area contributed by atoms with Gasteiger partial charge in [-0.1, -0.05) is 20.8 Å². The van der Waals surface area contributed by atoms with Gasteiger partial charge in [0.2, 0.25) is 11.8 Å². The Balaban J connectivity index is 1.63. The van der Waals surface area contributed by atoms with Gasteiger partial charge in [0.25, 0.3) is 0 Å². The third-order valence-corrected chi connectivity index (χ3v) is 13.1. The fourth-order valence-corrected chi connectivity index (χ4v) is 6.52. The van der Waals surface area contributed by atoms with E-state index < -0.39 is 25.6 Å². The van der Waals surface area contributed by atoms with Crippen LogP contribution in [0.25, 0.3) is 16.6 Å². The van der Waals surface area contributed by atoms with Crippen LogP contribution in [0.5, 0.6) is 11.8 Å². The van der Waals surface area contributed by atoms with E-state index in [1.807, 2.05) is 0 Å². The Kier molecular flexibility index (Phi) is 5.37. The zero-order chi connectivity index (χ0) is 26.3. The summed E-state index contributed by atoms with van der Waals surface area (Å²) in [5, 5.41) is 44.2. The summed E-state index contributed by atoms with van der Waals surface area (Å²) in [5.41, 5.74) is 0.109. The molecule has 0 radical (unpaired) electrons. The predicted octanol–water partition coefficient (Wildman–Crippen LogP) is 4.93. The molecule has 9 heteroatoms. The van der Waals surface area contributed by atoms with Gasteiger partial charge in [-0.25, -0.2) is 0 Å². The molecular weight excluding hydrogens is 474 g/mol. The summed E-state index contributed by atoms with van der Waals surface area (Å²) in [6.45, 7) is 13.1. The minimum absolute atomic E-state index is 0.0461. The zero-order valence-corrected chi connectivity index (χ0v) is 22.6. The first-order valence-corrected chi connectivity index (χ1v) is 15.2. The molecule has 5 rings (SSSR count). The number of pyridine rings is 1. The molecule has 0 amide bonds. The first-order chi connectivity index (χ1) is 16.8. The standard InChI is InChI=1S/C27H33N3O5Si/c1-25(2,3)36(5,6)34-13-11-27-14-19(31)26(4,35-27)20-21(27)24(33)30(23(20)32)18-10-9-16(15-28)22-17(18)8-7-12-29-22/h7-10,12,19,31-33H,11,13-14H2,1-6H3/t19-,26?,27?/m0/s1. The second-order valence-electron chi connectivity index (χ2n) is 11.7. The van der Waals surface area contributed by atoms with Gasteiger partial charge in [0.05, 0.1) is 34.0 Å². The van der Waals surface area contributed by atoms with E-state index in [9.17, 15) is 20.6 Å². The Morgan fingerprint density at radius 1 is 1.22 bits per heavy atom. The normalized spacial score (nSPS) is 25.3. The maximum absolute atomic E-state index is 11.6. The van der Waals surface area contributed by atoms with Crippen molar-refractivity contribution in [1.82, 2.24) is 9.55 Å². The van der Waals surface area contributed by atoms with Crippen LogP contribution in [0.15, 0.2) is 30.5 Å². The molecule has 1 saturated heterocycles. The summed E-state index contributed by atoms with van der Waals surface area (Å²) in [4.78, 5) is 4.35. The van der Waals surface area contributed by atoms with Gasteiger partial charge in [-0.15, -0.1) is 0 Å². The van der Waals surface area contributed by atoms with Crippen molar-refractivity contribution in [3.8, 4) is 23.5 Å². The summed E-state index contributed by atoms with van der Waals surface area (Å²) in [5.74, 6) is -0.328. The molecule has 4 heterocycles. The number of hydrogen-bond acceptors (Lipinski definition) is 7. The molecule has 2 aliphatic rings. The highest BCUT2D eigenvalue weighted by Gasteiger charge is 2.66. The van der Waals surface area contributed by atoms with Crippen molar-refractivity contribution >= 4 is 19.2 Å². The predicted molar refractivity (Wildman–Crippen MR) is 138 cm³/mol. The van der Waals surface area contributed by atoms with E-state index in [0.29, 0.717) is 52.7 Å². The molecular formula is C27H33N3O5Si. The average Bonchev–Trinajstić information content (AvgIpc) is 3.33. The van der Waals surface area contributed by atoms with Crippen LogP contribution in [0.3, 0.4) is 0 Å². The number of benzene rings is 1. The van der Waals surface area contributed by atoms with E-state index in [1.54, 1.807) is 37.4 Å². The number of aromatic hydroxyl groups is 2. The Morgan fingerprint density at radius 2 is 1.92 bits per heavy atom. The van der Waals surface area contributed by atoms with Gasteiger partial charge in [0, 0.05) is 31.0 Å². The van der Waals surface area contributed by atoms with Crippen molar-refractivity contribution < 1.29 is 24.5 Å². The quantitative estimate of drug-likeness (QED) is 0.419. The molecule has 8 nitrogen and oxygen atoms in total. The van der Waals surface area contributed by atoms with Crippen LogP contribution in [0, 0.1) is 11.3 Å². The molecule has 3 aromatic rings. The van der Waals surface area contributed by atoms with E-state index in [0.717, 1.165) is 0 Å². The molecule has 36 heavy (non-hydrogen) atoms. The van der Waals surface area contributed by atoms with Crippen LogP contribution in [0.4, 0.5) is 0 Å². The number of nitrogens with zero attached hydrogens (tertiary/aromatic N) is 3. The highest BCUT2D eigenvalue weighted by atomic mass is 28.4. The Bertz CT molecular complexity index is 1420. The molecule has 2 aromatic heterocycles. The zero-order valence-electron chi connectivity index (χ0n) is 21.6. The van der Waals surface area contributed by atoms with E-state index in [-0.39, 0.29) is 16.8 Å². The molecule has 2 bridgehead atoms. The lowest BCUT2D eigenvalue weighted by molar-refractivity contribution is -0.107. The third kappa shape index (κ3) is 3.25. The van der Waals surface area contributed by atoms with Crippen molar-refractivity contribution in [3.63, 3.8) is 0 Å². The number of rotatable bonds is 5. The molecule has 2 unspecified atom stereocenters. The monoisotopic (exact) mass is 507 g/mol. The lowest BCUT2D eigenvalue weighted by Crippen LogP contribution is -2.42. The van der Waals surface area contributed by atoms with Crippen LogP contribution in [-0.4, -0.2) is 45.9 Å². The summed E-state index contributed by atoms with van der Waals surface area (Å²) in [6, 6.07) is 9.00. The van der Waals surface area contributed by atoms with Crippen molar-refractivity contribution in [2.24, 2.45) is 0 Å². The molecule has 1 aromatic carbocycles. The van der Waals surface area contributed by atoms with Crippen LogP contribution in [0.2, 0.25) is 18.1 Å². The highest BCUT2D eigenvalue weighted by Crippen LogP contribution is 2.65. The lowest BCUT2D eigenvalue weighted by Gasteiger charge is -2.37. The SMILES string of the molecule is CC12OC(CCO[Si](C)(C)C(C)(C)C)(C[C@@H]1O)c1c2c(O)n(-c2ccc(C#N)c3ncccc23)c1O. The number of nitriles is 1. The van der Waals surface area contributed by atoms with Crippen molar-refractivity contribution in [1.29, 1.82) is 5.26 Å². The van der Waals surface area contributed by atoms with Gasteiger partial charge in [0.15, 0.2) is 8.32 Å². The van der Waals surface area contributed by atoms with E-state index >= 15 is 0 Å². The maximum Gasteiger partial charge on any atom is 0.205 e. The van der Waals surface area contributed by atoms with E-state index in [2.05, 4.69) is 44.9 Å². The second-order valence-corrected chi connectivity index (χ2v) is 16.5. The molecule has 190 valence electrons. The number of aliphatic hydroxyl groups excluding tert-OH is 1. The number of aliphatic hydroxyl groups is 1. The van der Waals surface area contributed by atoms with Gasteiger partial charge >= 0.3 is 0 Å². The maximum atomic E-state index is 11.6. The van der Waals surface area contributed by atoms with Gasteiger partial charge in [-0.2, -0.15) is 5.26 Å². The Morgan fingerprint density at radius 3 is 2.58 bits per heavy atom. The number of fused-ring (bicyclic) bond motifs is 6. The number of ether oxygens (including phenoxy) is 1. The average molecular weight is 508 g/mol. The second kappa shape index (κ2) is 7.80. The van der Waals surface area contributed by atoms with E-state index in [1.165, 1.54) is 4.57 Å². The molecule has 0 saturated carbocycles. The molecule has 3 N–H and O–H groups in total. The first kappa shape index (κ1) is 24.8. The summed E-state index contributed by atoms with van der Waals surface area (Å²) in [7, 11) is -2.02.